The Morgan fingerprint density at radius 1 is 1.33 bits per heavy atom. The van der Waals surface area contributed by atoms with Gasteiger partial charge >= 0.3 is 0 Å². The van der Waals surface area contributed by atoms with Crippen molar-refractivity contribution in [3.8, 4) is 0 Å². The van der Waals surface area contributed by atoms with Crippen LogP contribution in [0.4, 0.5) is 0 Å². The van der Waals surface area contributed by atoms with E-state index in [9.17, 15) is 5.11 Å². The SMILES string of the molecule is CCC(CO)(CCCN(C)CC1CCOCC1)NC(C)C. The van der Waals surface area contributed by atoms with Gasteiger partial charge in [-0.05, 0) is 51.6 Å². The van der Waals surface area contributed by atoms with Gasteiger partial charge in [0.1, 0.15) is 0 Å². The molecule has 1 atom stereocenters. The number of aliphatic hydroxyl groups is 1. The molecule has 0 radical (unpaired) electrons. The topological polar surface area (TPSA) is 44.7 Å². The molecule has 1 unspecified atom stereocenters. The van der Waals surface area contributed by atoms with Crippen LogP contribution in [0, 0.1) is 5.92 Å². The summed E-state index contributed by atoms with van der Waals surface area (Å²) in [4.78, 5) is 2.45. The number of nitrogens with zero attached hydrogens (tertiary/aromatic N) is 1. The molecule has 4 nitrogen and oxygen atoms in total. The highest BCUT2D eigenvalue weighted by atomic mass is 16.5. The zero-order valence-electron chi connectivity index (χ0n) is 14.5. The monoisotopic (exact) mass is 300 g/mol. The van der Waals surface area contributed by atoms with Crippen LogP contribution in [0.5, 0.6) is 0 Å². The van der Waals surface area contributed by atoms with Crippen molar-refractivity contribution in [1.29, 1.82) is 0 Å². The fraction of sp³-hybridized carbons (Fsp3) is 1.00. The second kappa shape index (κ2) is 9.78. The lowest BCUT2D eigenvalue weighted by molar-refractivity contribution is 0.0549. The predicted octanol–water partition coefficient (Wildman–Crippen LogP) is 2.26. The molecule has 1 aliphatic heterocycles. The average molecular weight is 300 g/mol. The van der Waals surface area contributed by atoms with Gasteiger partial charge in [0.15, 0.2) is 0 Å². The summed E-state index contributed by atoms with van der Waals surface area (Å²) >= 11 is 0. The summed E-state index contributed by atoms with van der Waals surface area (Å²) in [6.07, 6.45) is 5.55. The Kier molecular flexibility index (Phi) is 8.79. The molecule has 1 rings (SSSR count). The third kappa shape index (κ3) is 7.09. The van der Waals surface area contributed by atoms with Crippen LogP contribution in [0.15, 0.2) is 0 Å². The Hall–Kier alpha value is -0.160. The first-order chi connectivity index (χ1) is 10.0. The van der Waals surface area contributed by atoms with Gasteiger partial charge in [-0.25, -0.2) is 0 Å². The van der Waals surface area contributed by atoms with Crippen molar-refractivity contribution < 1.29 is 9.84 Å². The third-order valence-electron chi connectivity index (χ3n) is 4.68. The average Bonchev–Trinajstić information content (AvgIpc) is 2.46. The number of hydrogen-bond donors (Lipinski definition) is 2. The minimum Gasteiger partial charge on any atom is -0.394 e. The molecule has 1 aliphatic rings. The number of rotatable bonds is 10. The molecule has 0 bridgehead atoms. The van der Waals surface area contributed by atoms with Crippen molar-refractivity contribution in [3.05, 3.63) is 0 Å². The normalized spacial score (nSPS) is 20.1. The van der Waals surface area contributed by atoms with E-state index >= 15 is 0 Å². The van der Waals surface area contributed by atoms with Gasteiger partial charge < -0.3 is 20.1 Å². The molecule has 0 amide bonds. The summed E-state index contributed by atoms with van der Waals surface area (Å²) in [6.45, 7) is 10.8. The highest BCUT2D eigenvalue weighted by Crippen LogP contribution is 2.19. The molecule has 126 valence electrons. The van der Waals surface area contributed by atoms with Crippen LogP contribution in [0.25, 0.3) is 0 Å². The standard InChI is InChI=1S/C17H36N2O2/c1-5-17(14-20,18-15(2)3)9-6-10-19(4)13-16-7-11-21-12-8-16/h15-16,18,20H,5-14H2,1-4H3. The van der Waals surface area contributed by atoms with Crippen LogP contribution in [-0.2, 0) is 4.74 Å². The molecule has 2 N–H and O–H groups in total. The van der Waals surface area contributed by atoms with Gasteiger partial charge in [-0.2, -0.15) is 0 Å². The van der Waals surface area contributed by atoms with E-state index in [4.69, 9.17) is 4.74 Å². The van der Waals surface area contributed by atoms with Gasteiger partial charge in [0.2, 0.25) is 0 Å². The predicted molar refractivity (Wildman–Crippen MR) is 88.7 cm³/mol. The molecule has 0 aromatic heterocycles. The first kappa shape index (κ1) is 18.9. The number of aliphatic hydroxyl groups excluding tert-OH is 1. The fourth-order valence-corrected chi connectivity index (χ4v) is 3.35. The minimum absolute atomic E-state index is 0.103. The zero-order chi connectivity index (χ0) is 15.7. The van der Waals surface area contributed by atoms with Crippen LogP contribution >= 0.6 is 0 Å². The molecule has 0 aliphatic carbocycles. The van der Waals surface area contributed by atoms with Gasteiger partial charge in [0.25, 0.3) is 0 Å². The Bertz CT molecular complexity index is 262. The van der Waals surface area contributed by atoms with E-state index in [0.29, 0.717) is 6.04 Å². The van der Waals surface area contributed by atoms with Crippen molar-refractivity contribution in [2.75, 3.05) is 40.0 Å². The lowest BCUT2D eigenvalue weighted by Crippen LogP contribution is -2.51. The summed E-state index contributed by atoms with van der Waals surface area (Å²) in [5.74, 6) is 0.798. The van der Waals surface area contributed by atoms with Gasteiger partial charge in [0.05, 0.1) is 6.61 Å². The minimum atomic E-state index is -0.103. The Morgan fingerprint density at radius 3 is 2.52 bits per heavy atom. The van der Waals surface area contributed by atoms with E-state index < -0.39 is 0 Å². The smallest absolute Gasteiger partial charge is 0.0613 e. The number of hydrogen-bond acceptors (Lipinski definition) is 4. The molecule has 0 aromatic rings. The van der Waals surface area contributed by atoms with E-state index in [1.165, 1.54) is 19.4 Å². The lowest BCUT2D eigenvalue weighted by atomic mass is 9.90. The molecular weight excluding hydrogens is 264 g/mol. The zero-order valence-corrected chi connectivity index (χ0v) is 14.5. The van der Waals surface area contributed by atoms with Gasteiger partial charge in [0, 0.05) is 31.3 Å². The van der Waals surface area contributed by atoms with Gasteiger partial charge in [-0.15, -0.1) is 0 Å². The maximum absolute atomic E-state index is 9.76. The Morgan fingerprint density at radius 2 is 2.00 bits per heavy atom. The Balaban J connectivity index is 2.28. The summed E-state index contributed by atoms with van der Waals surface area (Å²) in [5, 5.41) is 13.3. The molecule has 1 heterocycles. The first-order valence-electron chi connectivity index (χ1n) is 8.66. The van der Waals surface area contributed by atoms with Crippen molar-refractivity contribution >= 4 is 0 Å². The largest absolute Gasteiger partial charge is 0.394 e. The summed E-state index contributed by atoms with van der Waals surface area (Å²) in [7, 11) is 2.22. The van der Waals surface area contributed by atoms with Crippen LogP contribution < -0.4 is 5.32 Å². The van der Waals surface area contributed by atoms with Crippen molar-refractivity contribution in [2.24, 2.45) is 5.92 Å². The third-order valence-corrected chi connectivity index (χ3v) is 4.68. The summed E-state index contributed by atoms with van der Waals surface area (Å²) in [6, 6.07) is 0.414. The van der Waals surface area contributed by atoms with Crippen LogP contribution in [0.2, 0.25) is 0 Å². The lowest BCUT2D eigenvalue weighted by Gasteiger charge is -2.35. The fourth-order valence-electron chi connectivity index (χ4n) is 3.35. The number of ether oxygens (including phenoxy) is 1. The Labute approximate surface area is 131 Å². The first-order valence-corrected chi connectivity index (χ1v) is 8.66. The highest BCUT2D eigenvalue weighted by molar-refractivity contribution is 4.87. The van der Waals surface area contributed by atoms with Crippen molar-refractivity contribution in [2.45, 2.75) is 64.5 Å². The number of nitrogens with one attached hydrogen (secondary N) is 1. The molecule has 21 heavy (non-hydrogen) atoms. The summed E-state index contributed by atoms with van der Waals surface area (Å²) < 4.78 is 5.42. The van der Waals surface area contributed by atoms with E-state index in [1.807, 2.05) is 0 Å². The van der Waals surface area contributed by atoms with Crippen molar-refractivity contribution in [1.82, 2.24) is 10.2 Å². The van der Waals surface area contributed by atoms with E-state index in [1.54, 1.807) is 0 Å². The summed E-state index contributed by atoms with van der Waals surface area (Å²) in [5.41, 5.74) is -0.103. The van der Waals surface area contributed by atoms with Gasteiger partial charge in [-0.1, -0.05) is 20.8 Å². The van der Waals surface area contributed by atoms with Crippen molar-refractivity contribution in [3.63, 3.8) is 0 Å². The molecule has 1 fully saturated rings. The van der Waals surface area contributed by atoms with Crippen LogP contribution in [0.3, 0.4) is 0 Å². The van der Waals surface area contributed by atoms with E-state index in [2.05, 4.69) is 38.0 Å². The molecule has 1 saturated heterocycles. The maximum atomic E-state index is 9.76. The van der Waals surface area contributed by atoms with Gasteiger partial charge in [-0.3, -0.25) is 0 Å². The van der Waals surface area contributed by atoms with Crippen LogP contribution in [0.1, 0.15) is 52.9 Å². The second-order valence-corrected chi connectivity index (χ2v) is 7.01. The maximum Gasteiger partial charge on any atom is 0.0613 e. The van der Waals surface area contributed by atoms with E-state index in [0.717, 1.165) is 44.9 Å². The molecule has 0 spiro atoms. The van der Waals surface area contributed by atoms with Crippen LogP contribution in [-0.4, -0.2) is 61.5 Å². The molecule has 4 heteroatoms. The molecular formula is C17H36N2O2. The highest BCUT2D eigenvalue weighted by Gasteiger charge is 2.27. The van der Waals surface area contributed by atoms with E-state index in [-0.39, 0.29) is 12.1 Å². The quantitative estimate of drug-likeness (QED) is 0.649. The second-order valence-electron chi connectivity index (χ2n) is 7.01. The molecule has 0 saturated carbocycles. The molecule has 0 aromatic carbocycles.